The van der Waals surface area contributed by atoms with Gasteiger partial charge in [-0.1, -0.05) is 25.6 Å². The van der Waals surface area contributed by atoms with Crippen molar-refractivity contribution in [3.05, 3.63) is 50.6 Å². The number of amides is 1. The van der Waals surface area contributed by atoms with Crippen LogP contribution in [-0.4, -0.2) is 27.0 Å². The van der Waals surface area contributed by atoms with Gasteiger partial charge in [-0.05, 0) is 55.5 Å². The molecule has 1 aromatic carbocycles. The summed E-state index contributed by atoms with van der Waals surface area (Å²) in [6.45, 7) is 4.42. The summed E-state index contributed by atoms with van der Waals surface area (Å²) in [4.78, 5) is 44.3. The number of hydrogen-bond acceptors (Lipinski definition) is 6. The molecular weight excluding hydrogens is 430 g/mol. The lowest BCUT2D eigenvalue weighted by molar-refractivity contribution is -0.115. The Bertz CT molecular complexity index is 1200. The normalized spacial score (nSPS) is 12.8. The number of aryl methyl sites for hydroxylation is 2. The number of thioether (sulfide) groups is 1. The van der Waals surface area contributed by atoms with E-state index < -0.39 is 0 Å². The monoisotopic (exact) mass is 455 g/mol. The van der Waals surface area contributed by atoms with Gasteiger partial charge >= 0.3 is 0 Å². The summed E-state index contributed by atoms with van der Waals surface area (Å²) in [5.41, 5.74) is 2.45. The van der Waals surface area contributed by atoms with Gasteiger partial charge in [-0.2, -0.15) is 0 Å². The summed E-state index contributed by atoms with van der Waals surface area (Å²) in [6.07, 6.45) is 4.32. The Labute approximate surface area is 189 Å². The molecule has 0 radical (unpaired) electrons. The van der Waals surface area contributed by atoms with Gasteiger partial charge in [0.1, 0.15) is 4.83 Å². The average Bonchev–Trinajstić information content (AvgIpc) is 3.35. The zero-order valence-electron chi connectivity index (χ0n) is 17.7. The summed E-state index contributed by atoms with van der Waals surface area (Å²) >= 11 is 2.94. The molecule has 0 aliphatic heterocycles. The van der Waals surface area contributed by atoms with Crippen LogP contribution in [0.4, 0.5) is 5.69 Å². The van der Waals surface area contributed by atoms with Crippen molar-refractivity contribution in [2.24, 2.45) is 0 Å². The molecule has 8 heteroatoms. The lowest BCUT2D eigenvalue weighted by Gasteiger charge is -2.11. The van der Waals surface area contributed by atoms with Crippen LogP contribution in [0.15, 0.2) is 34.2 Å². The van der Waals surface area contributed by atoms with Crippen LogP contribution >= 0.6 is 23.1 Å². The summed E-state index contributed by atoms with van der Waals surface area (Å²) < 4.78 is 1.73. The summed E-state index contributed by atoms with van der Waals surface area (Å²) in [5.74, 6) is 0.0990. The molecule has 162 valence electrons. The van der Waals surface area contributed by atoms with E-state index in [0.29, 0.717) is 29.4 Å². The second-order valence-electron chi connectivity index (χ2n) is 7.58. The first-order valence-electron chi connectivity index (χ1n) is 10.6. The maximum Gasteiger partial charge on any atom is 0.263 e. The Morgan fingerprint density at radius 1 is 1.19 bits per heavy atom. The number of thiophene rings is 1. The predicted molar refractivity (Wildman–Crippen MR) is 127 cm³/mol. The number of anilines is 1. The highest BCUT2D eigenvalue weighted by Crippen LogP contribution is 2.35. The van der Waals surface area contributed by atoms with Gasteiger partial charge in [0.2, 0.25) is 5.91 Å². The van der Waals surface area contributed by atoms with E-state index in [1.165, 1.54) is 22.2 Å². The SMILES string of the molecule is CCCn1c(SCC(=O)c2ccc(NC(=O)CC)cc2)nc2sc3c(c2c1=O)CCC3. The lowest BCUT2D eigenvalue weighted by Crippen LogP contribution is -2.23. The van der Waals surface area contributed by atoms with E-state index in [1.807, 2.05) is 6.92 Å². The van der Waals surface area contributed by atoms with E-state index in [-0.39, 0.29) is 23.0 Å². The van der Waals surface area contributed by atoms with Crippen molar-refractivity contribution >= 4 is 50.7 Å². The third-order valence-corrected chi connectivity index (χ3v) is 7.54. The Balaban J connectivity index is 1.54. The molecule has 2 aromatic heterocycles. The third kappa shape index (κ3) is 4.45. The molecule has 0 fully saturated rings. The van der Waals surface area contributed by atoms with Crippen molar-refractivity contribution in [3.8, 4) is 0 Å². The first kappa shape index (κ1) is 21.8. The molecule has 0 atom stereocenters. The number of aromatic nitrogens is 2. The number of benzene rings is 1. The number of ketones is 1. The minimum atomic E-state index is -0.0652. The van der Waals surface area contributed by atoms with Gasteiger partial charge in [0.25, 0.3) is 5.56 Å². The molecule has 4 rings (SSSR count). The van der Waals surface area contributed by atoms with E-state index in [4.69, 9.17) is 4.98 Å². The molecule has 1 N–H and O–H groups in total. The highest BCUT2D eigenvalue weighted by atomic mass is 32.2. The van der Waals surface area contributed by atoms with E-state index in [1.54, 1.807) is 47.1 Å². The molecule has 0 spiro atoms. The molecule has 3 aromatic rings. The van der Waals surface area contributed by atoms with Gasteiger partial charge in [-0.3, -0.25) is 19.0 Å². The van der Waals surface area contributed by atoms with Crippen molar-refractivity contribution in [3.63, 3.8) is 0 Å². The number of fused-ring (bicyclic) bond motifs is 3. The molecule has 0 unspecified atom stereocenters. The minimum Gasteiger partial charge on any atom is -0.326 e. The molecule has 0 saturated carbocycles. The Kier molecular flexibility index (Phi) is 6.57. The highest BCUT2D eigenvalue weighted by molar-refractivity contribution is 7.99. The first-order chi connectivity index (χ1) is 15.0. The number of nitrogens with zero attached hydrogens (tertiary/aromatic N) is 2. The quantitative estimate of drug-likeness (QED) is 0.303. The molecule has 31 heavy (non-hydrogen) atoms. The molecule has 0 bridgehead atoms. The van der Waals surface area contributed by atoms with Crippen molar-refractivity contribution in [1.29, 1.82) is 0 Å². The van der Waals surface area contributed by atoms with Crippen LogP contribution < -0.4 is 10.9 Å². The topological polar surface area (TPSA) is 81.1 Å². The third-order valence-electron chi connectivity index (χ3n) is 5.38. The Hall–Kier alpha value is -2.45. The summed E-state index contributed by atoms with van der Waals surface area (Å²) in [6, 6.07) is 6.90. The van der Waals surface area contributed by atoms with E-state index in [2.05, 4.69) is 5.32 Å². The van der Waals surface area contributed by atoms with Crippen molar-refractivity contribution in [1.82, 2.24) is 9.55 Å². The standard InChI is InChI=1S/C23H25N3O3S2/c1-3-12-26-22(29)20-16-6-5-7-18(16)31-21(20)25-23(26)30-13-17(27)14-8-10-15(11-9-14)24-19(28)4-2/h8-11H,3-7,12-13H2,1-2H3,(H,24,28). The fourth-order valence-corrected chi connectivity index (χ4v) is 6.01. The van der Waals surface area contributed by atoms with Gasteiger partial charge in [0.15, 0.2) is 10.9 Å². The number of carbonyl (C=O) groups excluding carboxylic acids is 2. The summed E-state index contributed by atoms with van der Waals surface area (Å²) in [5, 5.41) is 4.17. The van der Waals surface area contributed by atoms with Crippen molar-refractivity contribution in [2.75, 3.05) is 11.1 Å². The van der Waals surface area contributed by atoms with Gasteiger partial charge in [-0.15, -0.1) is 11.3 Å². The smallest absolute Gasteiger partial charge is 0.263 e. The summed E-state index contributed by atoms with van der Waals surface area (Å²) in [7, 11) is 0. The van der Waals surface area contributed by atoms with Gasteiger partial charge in [-0.25, -0.2) is 4.98 Å². The van der Waals surface area contributed by atoms with E-state index in [9.17, 15) is 14.4 Å². The maximum absolute atomic E-state index is 13.2. The van der Waals surface area contributed by atoms with Crippen LogP contribution in [-0.2, 0) is 24.2 Å². The molecule has 1 amide bonds. The van der Waals surface area contributed by atoms with Crippen LogP contribution in [0.25, 0.3) is 10.2 Å². The van der Waals surface area contributed by atoms with Crippen LogP contribution in [0, 0.1) is 0 Å². The van der Waals surface area contributed by atoms with Gasteiger partial charge < -0.3 is 5.32 Å². The van der Waals surface area contributed by atoms with Gasteiger partial charge in [0.05, 0.1) is 11.1 Å². The maximum atomic E-state index is 13.2. The number of hydrogen-bond donors (Lipinski definition) is 1. The van der Waals surface area contributed by atoms with Crippen molar-refractivity contribution in [2.45, 2.75) is 57.7 Å². The van der Waals surface area contributed by atoms with Crippen LogP contribution in [0.5, 0.6) is 0 Å². The van der Waals surface area contributed by atoms with Crippen LogP contribution in [0.1, 0.15) is 53.9 Å². The van der Waals surface area contributed by atoms with Crippen molar-refractivity contribution < 1.29 is 9.59 Å². The largest absolute Gasteiger partial charge is 0.326 e. The first-order valence-corrected chi connectivity index (χ1v) is 12.4. The molecule has 0 saturated heterocycles. The lowest BCUT2D eigenvalue weighted by atomic mass is 10.1. The minimum absolute atomic E-state index is 0.0252. The van der Waals surface area contributed by atoms with Gasteiger partial charge in [0, 0.05) is 29.1 Å². The fraction of sp³-hybridized carbons (Fsp3) is 0.391. The second kappa shape index (κ2) is 9.36. The molecule has 2 heterocycles. The Morgan fingerprint density at radius 2 is 1.97 bits per heavy atom. The number of nitrogens with one attached hydrogen (secondary N) is 1. The number of rotatable bonds is 8. The van der Waals surface area contributed by atoms with Crippen LogP contribution in [0.2, 0.25) is 0 Å². The second-order valence-corrected chi connectivity index (χ2v) is 9.61. The number of carbonyl (C=O) groups is 2. The molecule has 1 aliphatic rings. The molecule has 6 nitrogen and oxygen atoms in total. The zero-order valence-corrected chi connectivity index (χ0v) is 19.3. The van der Waals surface area contributed by atoms with E-state index in [0.717, 1.165) is 35.9 Å². The van der Waals surface area contributed by atoms with E-state index >= 15 is 0 Å². The zero-order chi connectivity index (χ0) is 22.0. The molecular formula is C23H25N3O3S2. The van der Waals surface area contributed by atoms with Crippen LogP contribution in [0.3, 0.4) is 0 Å². The highest BCUT2D eigenvalue weighted by Gasteiger charge is 2.23. The Morgan fingerprint density at radius 3 is 2.68 bits per heavy atom. The average molecular weight is 456 g/mol. The fourth-order valence-electron chi connectivity index (χ4n) is 3.79. The molecule has 1 aliphatic carbocycles. The predicted octanol–water partition coefficient (Wildman–Crippen LogP) is 4.68. The number of Topliss-reactive ketones (excluding diaryl/α,β-unsaturated/α-hetero) is 1.